The van der Waals surface area contributed by atoms with Crippen molar-refractivity contribution in [3.63, 3.8) is 0 Å². The van der Waals surface area contributed by atoms with E-state index in [0.29, 0.717) is 6.42 Å². The molecule has 0 saturated carbocycles. The zero-order chi connectivity index (χ0) is 8.97. The first kappa shape index (κ1) is 9.22. The van der Waals surface area contributed by atoms with E-state index in [2.05, 4.69) is 9.97 Å². The number of nitrogens with zero attached hydrogens (tertiary/aromatic N) is 1. The largest absolute Gasteiger partial charge is 0.361 e. The van der Waals surface area contributed by atoms with Crippen LogP contribution in [-0.4, -0.2) is 22.3 Å². The van der Waals surface area contributed by atoms with E-state index in [1.165, 1.54) is 0 Å². The number of H-pyrrole nitrogens is 1. The van der Waals surface area contributed by atoms with E-state index >= 15 is 0 Å². The Labute approximate surface area is 72.1 Å². The maximum atomic E-state index is 5.70. The van der Waals surface area contributed by atoms with E-state index in [1.807, 2.05) is 13.8 Å². The second-order valence-electron chi connectivity index (χ2n) is 3.00. The van der Waals surface area contributed by atoms with Crippen LogP contribution in [0.2, 0.25) is 0 Å². The molecule has 1 atom stereocenters. The molecule has 4 nitrogen and oxygen atoms in total. The molecule has 0 bridgehead atoms. The SMILES string of the molecule is CC(C)OC(N)Cc1cnc[nH]1. The monoisotopic (exact) mass is 169 g/mol. The number of nitrogens with one attached hydrogen (secondary N) is 1. The van der Waals surface area contributed by atoms with Gasteiger partial charge in [0.1, 0.15) is 6.23 Å². The van der Waals surface area contributed by atoms with Gasteiger partial charge in [-0.05, 0) is 13.8 Å². The molecule has 0 spiro atoms. The molecule has 0 aliphatic carbocycles. The van der Waals surface area contributed by atoms with Gasteiger partial charge in [-0.3, -0.25) is 0 Å². The van der Waals surface area contributed by atoms with E-state index in [9.17, 15) is 0 Å². The minimum Gasteiger partial charge on any atom is -0.361 e. The number of aromatic amines is 1. The van der Waals surface area contributed by atoms with E-state index in [-0.39, 0.29) is 12.3 Å². The van der Waals surface area contributed by atoms with E-state index in [0.717, 1.165) is 5.69 Å². The third-order valence-electron chi connectivity index (χ3n) is 1.42. The first-order chi connectivity index (χ1) is 5.68. The summed E-state index contributed by atoms with van der Waals surface area (Å²) in [6.07, 6.45) is 3.99. The molecule has 12 heavy (non-hydrogen) atoms. The molecule has 0 radical (unpaired) electrons. The third-order valence-corrected chi connectivity index (χ3v) is 1.42. The predicted octanol–water partition coefficient (Wildman–Crippen LogP) is 0.662. The fourth-order valence-corrected chi connectivity index (χ4v) is 1.01. The van der Waals surface area contributed by atoms with Gasteiger partial charge in [0.2, 0.25) is 0 Å². The number of nitrogens with two attached hydrogens (primary N) is 1. The van der Waals surface area contributed by atoms with Crippen LogP contribution in [-0.2, 0) is 11.2 Å². The van der Waals surface area contributed by atoms with Gasteiger partial charge in [0.15, 0.2) is 0 Å². The van der Waals surface area contributed by atoms with Gasteiger partial charge in [0, 0.05) is 18.3 Å². The molecule has 1 unspecified atom stereocenters. The highest BCUT2D eigenvalue weighted by molar-refractivity contribution is 4.95. The van der Waals surface area contributed by atoms with Crippen LogP contribution in [0.1, 0.15) is 19.5 Å². The molecular weight excluding hydrogens is 154 g/mol. The number of imidazole rings is 1. The second kappa shape index (κ2) is 4.23. The van der Waals surface area contributed by atoms with Crippen molar-refractivity contribution in [3.05, 3.63) is 18.2 Å². The minimum atomic E-state index is -0.245. The summed E-state index contributed by atoms with van der Waals surface area (Å²) in [7, 11) is 0. The van der Waals surface area contributed by atoms with E-state index < -0.39 is 0 Å². The van der Waals surface area contributed by atoms with Gasteiger partial charge in [-0.2, -0.15) is 0 Å². The quantitative estimate of drug-likeness (QED) is 0.651. The number of hydrogen-bond acceptors (Lipinski definition) is 3. The molecule has 1 aromatic heterocycles. The van der Waals surface area contributed by atoms with Gasteiger partial charge < -0.3 is 15.5 Å². The molecule has 68 valence electrons. The lowest BCUT2D eigenvalue weighted by Gasteiger charge is -2.14. The molecule has 1 aromatic rings. The van der Waals surface area contributed by atoms with Gasteiger partial charge in [0.25, 0.3) is 0 Å². The Kier molecular flexibility index (Phi) is 3.25. The number of hydrogen-bond donors (Lipinski definition) is 2. The van der Waals surface area contributed by atoms with Gasteiger partial charge in [-0.25, -0.2) is 4.98 Å². The smallest absolute Gasteiger partial charge is 0.111 e. The molecule has 0 aliphatic heterocycles. The molecule has 1 heterocycles. The zero-order valence-electron chi connectivity index (χ0n) is 7.45. The summed E-state index contributed by atoms with van der Waals surface area (Å²) in [5.74, 6) is 0. The highest BCUT2D eigenvalue weighted by atomic mass is 16.5. The molecule has 0 aliphatic rings. The van der Waals surface area contributed by atoms with Crippen LogP contribution in [0.5, 0.6) is 0 Å². The van der Waals surface area contributed by atoms with Crippen LogP contribution in [0.15, 0.2) is 12.5 Å². The van der Waals surface area contributed by atoms with Crippen LogP contribution < -0.4 is 5.73 Å². The summed E-state index contributed by atoms with van der Waals surface area (Å²) >= 11 is 0. The number of rotatable bonds is 4. The van der Waals surface area contributed by atoms with Crippen LogP contribution in [0.25, 0.3) is 0 Å². The van der Waals surface area contributed by atoms with Crippen LogP contribution in [0, 0.1) is 0 Å². The zero-order valence-corrected chi connectivity index (χ0v) is 7.45. The normalized spacial score (nSPS) is 13.7. The van der Waals surface area contributed by atoms with E-state index in [4.69, 9.17) is 10.5 Å². The molecular formula is C8H15N3O. The van der Waals surface area contributed by atoms with Gasteiger partial charge >= 0.3 is 0 Å². The van der Waals surface area contributed by atoms with Crippen molar-refractivity contribution in [1.82, 2.24) is 9.97 Å². The minimum absolute atomic E-state index is 0.169. The highest BCUT2D eigenvalue weighted by Gasteiger charge is 2.06. The fraction of sp³-hybridized carbons (Fsp3) is 0.625. The Hall–Kier alpha value is -0.870. The van der Waals surface area contributed by atoms with Crippen LogP contribution in [0.3, 0.4) is 0 Å². The average molecular weight is 169 g/mol. The molecule has 1 rings (SSSR count). The Bertz CT molecular complexity index is 208. The molecule has 0 amide bonds. The van der Waals surface area contributed by atoms with Crippen molar-refractivity contribution >= 4 is 0 Å². The van der Waals surface area contributed by atoms with Crippen molar-refractivity contribution in [2.75, 3.05) is 0 Å². The maximum absolute atomic E-state index is 5.70. The summed E-state index contributed by atoms with van der Waals surface area (Å²) in [4.78, 5) is 6.86. The highest BCUT2D eigenvalue weighted by Crippen LogP contribution is 1.99. The predicted molar refractivity (Wildman–Crippen MR) is 46.5 cm³/mol. The molecule has 0 saturated heterocycles. The molecule has 3 N–H and O–H groups in total. The molecule has 4 heteroatoms. The van der Waals surface area contributed by atoms with Crippen molar-refractivity contribution in [3.8, 4) is 0 Å². The fourth-order valence-electron chi connectivity index (χ4n) is 1.01. The molecule has 0 fully saturated rings. The standard InChI is InChI=1S/C8H15N3O/c1-6(2)12-8(9)3-7-4-10-5-11-7/h4-6,8H,3,9H2,1-2H3,(H,10,11). The third kappa shape index (κ3) is 3.02. The first-order valence-electron chi connectivity index (χ1n) is 4.06. The second-order valence-corrected chi connectivity index (χ2v) is 3.00. The lowest BCUT2D eigenvalue weighted by Crippen LogP contribution is -2.29. The van der Waals surface area contributed by atoms with Gasteiger partial charge in [-0.15, -0.1) is 0 Å². The van der Waals surface area contributed by atoms with E-state index in [1.54, 1.807) is 12.5 Å². The summed E-state index contributed by atoms with van der Waals surface area (Å²) in [6, 6.07) is 0. The number of ether oxygens (including phenoxy) is 1. The van der Waals surface area contributed by atoms with Crippen LogP contribution in [0.4, 0.5) is 0 Å². The Morgan fingerprint density at radius 3 is 2.92 bits per heavy atom. The lowest BCUT2D eigenvalue weighted by molar-refractivity contribution is 0.0118. The summed E-state index contributed by atoms with van der Waals surface area (Å²) in [5, 5.41) is 0. The van der Waals surface area contributed by atoms with Crippen LogP contribution >= 0.6 is 0 Å². The topological polar surface area (TPSA) is 63.9 Å². The summed E-state index contributed by atoms with van der Waals surface area (Å²) in [6.45, 7) is 3.93. The van der Waals surface area contributed by atoms with Crippen molar-refractivity contribution in [1.29, 1.82) is 0 Å². The van der Waals surface area contributed by atoms with Gasteiger partial charge in [-0.1, -0.05) is 0 Å². The Morgan fingerprint density at radius 1 is 1.67 bits per heavy atom. The Morgan fingerprint density at radius 2 is 2.42 bits per heavy atom. The summed E-state index contributed by atoms with van der Waals surface area (Å²) in [5.41, 5.74) is 6.70. The Balaban J connectivity index is 2.32. The lowest BCUT2D eigenvalue weighted by atomic mass is 10.3. The van der Waals surface area contributed by atoms with Crippen molar-refractivity contribution in [2.45, 2.75) is 32.6 Å². The summed E-state index contributed by atoms with van der Waals surface area (Å²) < 4.78 is 5.35. The van der Waals surface area contributed by atoms with Crippen molar-refractivity contribution in [2.24, 2.45) is 5.73 Å². The van der Waals surface area contributed by atoms with Gasteiger partial charge in [0.05, 0.1) is 12.4 Å². The first-order valence-corrected chi connectivity index (χ1v) is 4.06. The number of aromatic nitrogens is 2. The molecule has 0 aromatic carbocycles. The average Bonchev–Trinajstić information content (AvgIpc) is 2.37. The maximum Gasteiger partial charge on any atom is 0.111 e. The van der Waals surface area contributed by atoms with Crippen molar-refractivity contribution < 1.29 is 4.74 Å².